The molecule has 2 atom stereocenters. The van der Waals surface area contributed by atoms with Crippen LogP contribution in [0.25, 0.3) is 0 Å². The molecule has 0 spiro atoms. The van der Waals surface area contributed by atoms with Crippen LogP contribution in [0.4, 0.5) is 0 Å². The lowest BCUT2D eigenvalue weighted by molar-refractivity contribution is -0.143. The number of ether oxygens (including phenoxy) is 1. The zero-order chi connectivity index (χ0) is 26.1. The molecule has 36 heavy (non-hydrogen) atoms. The Bertz CT molecular complexity index is 1140. The van der Waals surface area contributed by atoms with Crippen LogP contribution in [0.15, 0.2) is 72.8 Å². The van der Waals surface area contributed by atoms with Gasteiger partial charge in [0, 0.05) is 19.0 Å². The highest BCUT2D eigenvalue weighted by Crippen LogP contribution is 2.19. The fraction of sp³-hybridized carbons (Fsp3) is 0.355. The highest BCUT2D eigenvalue weighted by Gasteiger charge is 2.31. The van der Waals surface area contributed by atoms with Gasteiger partial charge in [-0.25, -0.2) is 0 Å². The van der Waals surface area contributed by atoms with Crippen molar-refractivity contribution in [2.24, 2.45) is 0 Å². The molecule has 5 heteroatoms. The molecule has 3 aromatic carbocycles. The summed E-state index contributed by atoms with van der Waals surface area (Å²) in [6, 6.07) is 23.1. The van der Waals surface area contributed by atoms with Gasteiger partial charge in [-0.1, -0.05) is 67.6 Å². The second-order valence-corrected chi connectivity index (χ2v) is 9.58. The Morgan fingerprint density at radius 2 is 1.56 bits per heavy atom. The summed E-state index contributed by atoms with van der Waals surface area (Å²) in [6.45, 7) is 10.2. The number of benzene rings is 3. The highest BCUT2D eigenvalue weighted by molar-refractivity contribution is 5.88. The van der Waals surface area contributed by atoms with Crippen molar-refractivity contribution in [2.75, 3.05) is 6.61 Å². The Balaban J connectivity index is 1.93. The third-order valence-corrected chi connectivity index (χ3v) is 6.43. The first-order chi connectivity index (χ1) is 17.3. The minimum atomic E-state index is -0.670. The molecule has 3 rings (SSSR count). The lowest BCUT2D eigenvalue weighted by atomic mass is 10.0. The number of carbonyl (C=O) groups excluding carboxylic acids is 2. The van der Waals surface area contributed by atoms with E-state index in [-0.39, 0.29) is 24.5 Å². The van der Waals surface area contributed by atoms with Crippen molar-refractivity contribution in [3.8, 4) is 5.75 Å². The van der Waals surface area contributed by atoms with Crippen LogP contribution in [0, 0.1) is 20.8 Å². The summed E-state index contributed by atoms with van der Waals surface area (Å²) in [6.07, 6.45) is 1.23. The molecule has 3 aromatic rings. The van der Waals surface area contributed by atoms with Crippen molar-refractivity contribution >= 4 is 11.8 Å². The third-order valence-electron chi connectivity index (χ3n) is 6.43. The zero-order valence-electron chi connectivity index (χ0n) is 22.1. The van der Waals surface area contributed by atoms with Crippen molar-refractivity contribution in [2.45, 2.75) is 66.1 Å². The van der Waals surface area contributed by atoms with Gasteiger partial charge in [0.05, 0.1) is 0 Å². The number of rotatable bonds is 11. The minimum Gasteiger partial charge on any atom is -0.484 e. The molecule has 2 unspecified atom stereocenters. The molecule has 0 aliphatic rings. The number of carbonyl (C=O) groups is 2. The fourth-order valence-corrected chi connectivity index (χ4v) is 4.21. The summed E-state index contributed by atoms with van der Waals surface area (Å²) >= 11 is 0. The second kappa shape index (κ2) is 12.9. The molecule has 190 valence electrons. The predicted octanol–water partition coefficient (Wildman–Crippen LogP) is 5.55. The maximum Gasteiger partial charge on any atom is 0.261 e. The topological polar surface area (TPSA) is 58.6 Å². The number of hydrogen-bond donors (Lipinski definition) is 1. The van der Waals surface area contributed by atoms with Crippen LogP contribution in [-0.4, -0.2) is 35.4 Å². The van der Waals surface area contributed by atoms with Crippen LogP contribution in [0.3, 0.4) is 0 Å². The largest absolute Gasteiger partial charge is 0.484 e. The Labute approximate surface area is 215 Å². The molecule has 0 aliphatic carbocycles. The minimum absolute atomic E-state index is 0.0118. The quantitative estimate of drug-likeness (QED) is 0.387. The number of aryl methyl sites for hydroxylation is 3. The SMILES string of the molecule is CCC(C)NC(=O)C(Cc1ccccc1)N(Cc1ccccc1C)C(=O)COc1cc(C)cc(C)c1. The van der Waals surface area contributed by atoms with Crippen LogP contribution >= 0.6 is 0 Å². The standard InChI is InChI=1S/C31H38N2O3/c1-6-25(5)32-31(35)29(19-26-13-8-7-9-14-26)33(20-27-15-11-10-12-24(27)4)30(34)21-36-28-17-22(2)16-23(3)18-28/h7-18,25,29H,6,19-21H2,1-5H3,(H,32,35). The van der Waals surface area contributed by atoms with Crippen molar-refractivity contribution in [1.82, 2.24) is 10.2 Å². The average molecular weight is 487 g/mol. The second-order valence-electron chi connectivity index (χ2n) is 9.58. The van der Waals surface area contributed by atoms with Gasteiger partial charge in [0.1, 0.15) is 11.8 Å². The van der Waals surface area contributed by atoms with Crippen LogP contribution in [0.1, 0.15) is 48.1 Å². The van der Waals surface area contributed by atoms with Gasteiger partial charge in [0.2, 0.25) is 5.91 Å². The van der Waals surface area contributed by atoms with Gasteiger partial charge in [0.15, 0.2) is 6.61 Å². The molecule has 0 aromatic heterocycles. The molecular formula is C31H38N2O3. The summed E-state index contributed by atoms with van der Waals surface area (Å²) in [7, 11) is 0. The molecule has 0 aliphatic heterocycles. The lowest BCUT2D eigenvalue weighted by Crippen LogP contribution is -2.53. The molecule has 0 saturated heterocycles. The zero-order valence-corrected chi connectivity index (χ0v) is 22.1. The van der Waals surface area contributed by atoms with Crippen LogP contribution < -0.4 is 10.1 Å². The van der Waals surface area contributed by atoms with Gasteiger partial charge < -0.3 is 15.0 Å². The Morgan fingerprint density at radius 1 is 0.917 bits per heavy atom. The van der Waals surface area contributed by atoms with E-state index >= 15 is 0 Å². The maximum absolute atomic E-state index is 13.7. The van der Waals surface area contributed by atoms with E-state index in [1.165, 1.54) is 0 Å². The van der Waals surface area contributed by atoms with Gasteiger partial charge in [0.25, 0.3) is 5.91 Å². The summed E-state index contributed by atoms with van der Waals surface area (Å²) in [5.41, 5.74) is 5.23. The van der Waals surface area contributed by atoms with E-state index in [4.69, 9.17) is 4.74 Å². The molecule has 2 amide bonds. The van der Waals surface area contributed by atoms with E-state index in [2.05, 4.69) is 11.4 Å². The van der Waals surface area contributed by atoms with Gasteiger partial charge in [-0.15, -0.1) is 0 Å². The highest BCUT2D eigenvalue weighted by atomic mass is 16.5. The number of nitrogens with zero attached hydrogens (tertiary/aromatic N) is 1. The number of nitrogens with one attached hydrogen (secondary N) is 1. The first kappa shape index (κ1) is 27.0. The van der Waals surface area contributed by atoms with Crippen LogP contribution in [0.2, 0.25) is 0 Å². The van der Waals surface area contributed by atoms with Crippen LogP contribution in [-0.2, 0) is 22.6 Å². The molecule has 0 heterocycles. The molecule has 1 N–H and O–H groups in total. The van der Waals surface area contributed by atoms with Crippen molar-refractivity contribution in [1.29, 1.82) is 0 Å². The van der Waals surface area contributed by atoms with Gasteiger partial charge in [-0.2, -0.15) is 0 Å². The van der Waals surface area contributed by atoms with Crippen molar-refractivity contribution < 1.29 is 14.3 Å². The van der Waals surface area contributed by atoms with E-state index in [9.17, 15) is 9.59 Å². The van der Waals surface area contributed by atoms with Crippen molar-refractivity contribution in [3.63, 3.8) is 0 Å². The molecular weight excluding hydrogens is 448 g/mol. The summed E-state index contributed by atoms with van der Waals surface area (Å²) in [5, 5.41) is 3.10. The Kier molecular flexibility index (Phi) is 9.69. The first-order valence-electron chi connectivity index (χ1n) is 12.7. The Hall–Kier alpha value is -3.60. The first-order valence-corrected chi connectivity index (χ1v) is 12.7. The molecule has 0 bridgehead atoms. The van der Waals surface area contributed by atoms with Gasteiger partial charge in [-0.05, 0) is 74.1 Å². The lowest BCUT2D eigenvalue weighted by Gasteiger charge is -2.32. The normalized spacial score (nSPS) is 12.5. The monoisotopic (exact) mass is 486 g/mol. The number of amides is 2. The summed E-state index contributed by atoms with van der Waals surface area (Å²) < 4.78 is 5.94. The van der Waals surface area contributed by atoms with Gasteiger partial charge in [-0.3, -0.25) is 9.59 Å². The average Bonchev–Trinajstić information content (AvgIpc) is 2.85. The van der Waals surface area contributed by atoms with Crippen LogP contribution in [0.5, 0.6) is 5.75 Å². The summed E-state index contributed by atoms with van der Waals surface area (Å²) in [5.74, 6) is 0.277. The molecule has 0 fully saturated rings. The smallest absolute Gasteiger partial charge is 0.261 e. The van der Waals surface area contributed by atoms with E-state index in [1.54, 1.807) is 4.90 Å². The van der Waals surface area contributed by atoms with Crippen molar-refractivity contribution in [3.05, 3.63) is 101 Å². The van der Waals surface area contributed by atoms with E-state index in [0.717, 1.165) is 34.2 Å². The Morgan fingerprint density at radius 3 is 2.19 bits per heavy atom. The molecule has 5 nitrogen and oxygen atoms in total. The molecule has 0 saturated carbocycles. The fourth-order valence-electron chi connectivity index (χ4n) is 4.21. The maximum atomic E-state index is 13.7. The van der Waals surface area contributed by atoms with Gasteiger partial charge >= 0.3 is 0 Å². The predicted molar refractivity (Wildman–Crippen MR) is 145 cm³/mol. The van der Waals surface area contributed by atoms with E-state index in [1.807, 2.05) is 101 Å². The summed E-state index contributed by atoms with van der Waals surface area (Å²) in [4.78, 5) is 28.9. The van der Waals surface area contributed by atoms with E-state index < -0.39 is 6.04 Å². The van der Waals surface area contributed by atoms with E-state index in [0.29, 0.717) is 18.7 Å². The molecule has 0 radical (unpaired) electrons. The third kappa shape index (κ3) is 7.70. The number of hydrogen-bond acceptors (Lipinski definition) is 3.